The Morgan fingerprint density at radius 3 is 2.59 bits per heavy atom. The fourth-order valence-corrected chi connectivity index (χ4v) is 3.58. The quantitative estimate of drug-likeness (QED) is 0.465. The second-order valence-electron chi connectivity index (χ2n) is 6.46. The number of nitro groups is 1. The second-order valence-corrected chi connectivity index (χ2v) is 8.47. The van der Waals surface area contributed by atoms with Crippen LogP contribution < -0.4 is 10.1 Å². The first-order chi connectivity index (χ1) is 13.7. The summed E-state index contributed by atoms with van der Waals surface area (Å²) in [4.78, 5) is 15.2. The van der Waals surface area contributed by atoms with E-state index < -0.39 is 20.8 Å². The fourth-order valence-electron chi connectivity index (χ4n) is 2.94. The minimum Gasteiger partial charge on any atom is -0.497 e. The summed E-state index contributed by atoms with van der Waals surface area (Å²) < 4.78 is 30.7. The maximum Gasteiger partial charge on any atom is 0.293 e. The Bertz CT molecular complexity index is 1160. The molecule has 0 radical (unpaired) electrons. The molecule has 1 atom stereocenters. The smallest absolute Gasteiger partial charge is 0.293 e. The molecule has 0 aliphatic heterocycles. The first kappa shape index (κ1) is 20.3. The van der Waals surface area contributed by atoms with Gasteiger partial charge in [0.15, 0.2) is 9.84 Å². The summed E-state index contributed by atoms with van der Waals surface area (Å²) in [5.41, 5.74) is 0.619. The molecule has 0 spiro atoms. The van der Waals surface area contributed by atoms with Crippen molar-refractivity contribution in [1.29, 1.82) is 0 Å². The number of hydrogen-bond donors (Lipinski definition) is 1. The highest BCUT2D eigenvalue weighted by atomic mass is 32.2. The number of rotatable bonds is 7. The van der Waals surface area contributed by atoms with Crippen LogP contribution in [0.1, 0.15) is 17.4 Å². The topological polar surface area (TPSA) is 116 Å². The molecule has 3 aromatic rings. The van der Waals surface area contributed by atoms with Crippen LogP contribution in [-0.4, -0.2) is 36.3 Å². The maximum absolute atomic E-state index is 11.8. The maximum atomic E-state index is 11.8. The predicted octanol–water partition coefficient (Wildman–Crippen LogP) is 2.94. The van der Waals surface area contributed by atoms with E-state index in [4.69, 9.17) is 4.74 Å². The lowest BCUT2D eigenvalue weighted by Gasteiger charge is -2.21. The molecule has 0 amide bonds. The fraction of sp³-hybridized carbons (Fsp3) is 0.211. The molecule has 0 aliphatic carbocycles. The van der Waals surface area contributed by atoms with E-state index in [-0.39, 0.29) is 16.3 Å². The van der Waals surface area contributed by atoms with E-state index in [9.17, 15) is 18.5 Å². The number of nitrogens with zero attached hydrogens (tertiary/aromatic N) is 3. The summed E-state index contributed by atoms with van der Waals surface area (Å²) >= 11 is 0. The standard InChI is InChI=1S/C19H20N4O5S/c1-22-10-9-20-19(22)18(13-5-4-6-14(11-13)28-2)21-16-8-7-15(29(3,26)27)12-17(16)23(24)25/h4-12,18,21H,1-3H3/t18-/m0/s1. The zero-order valence-electron chi connectivity index (χ0n) is 16.1. The van der Waals surface area contributed by atoms with Crippen LogP contribution in [0.25, 0.3) is 0 Å². The lowest BCUT2D eigenvalue weighted by atomic mass is 10.0. The van der Waals surface area contributed by atoms with Gasteiger partial charge in [-0.3, -0.25) is 10.1 Å². The van der Waals surface area contributed by atoms with E-state index in [1.54, 1.807) is 30.1 Å². The van der Waals surface area contributed by atoms with E-state index >= 15 is 0 Å². The summed E-state index contributed by atoms with van der Waals surface area (Å²) in [5.74, 6) is 1.25. The number of imidazole rings is 1. The SMILES string of the molecule is COc1cccc([C@H](Nc2ccc(S(C)(=O)=O)cc2[N+](=O)[O-])c2nccn2C)c1. The van der Waals surface area contributed by atoms with Gasteiger partial charge in [-0.15, -0.1) is 0 Å². The van der Waals surface area contributed by atoms with Gasteiger partial charge in [-0.2, -0.15) is 0 Å². The average molecular weight is 416 g/mol. The summed E-state index contributed by atoms with van der Waals surface area (Å²) in [5, 5.41) is 14.7. The number of nitro benzene ring substituents is 1. The third kappa shape index (κ3) is 4.37. The molecule has 0 unspecified atom stereocenters. The summed E-state index contributed by atoms with van der Waals surface area (Å²) in [7, 11) is -0.210. The number of sulfone groups is 1. The first-order valence-corrected chi connectivity index (χ1v) is 10.5. The molecule has 9 nitrogen and oxygen atoms in total. The number of nitrogens with one attached hydrogen (secondary N) is 1. The normalized spacial score (nSPS) is 12.4. The monoisotopic (exact) mass is 416 g/mol. The molecule has 1 aromatic heterocycles. The number of methoxy groups -OCH3 is 1. The lowest BCUT2D eigenvalue weighted by Crippen LogP contribution is -2.17. The molecule has 0 aliphatic rings. The van der Waals surface area contributed by atoms with E-state index in [1.165, 1.54) is 12.1 Å². The lowest BCUT2D eigenvalue weighted by molar-refractivity contribution is -0.384. The van der Waals surface area contributed by atoms with Crippen molar-refractivity contribution in [1.82, 2.24) is 9.55 Å². The molecule has 0 saturated carbocycles. The molecule has 152 valence electrons. The van der Waals surface area contributed by atoms with Gasteiger partial charge < -0.3 is 14.6 Å². The van der Waals surface area contributed by atoms with Crippen LogP contribution in [0.5, 0.6) is 5.75 Å². The van der Waals surface area contributed by atoms with Crippen LogP contribution in [0.2, 0.25) is 0 Å². The van der Waals surface area contributed by atoms with Crippen LogP contribution in [0.4, 0.5) is 11.4 Å². The van der Waals surface area contributed by atoms with Gasteiger partial charge in [0.2, 0.25) is 0 Å². The second kappa shape index (κ2) is 7.92. The van der Waals surface area contributed by atoms with Gasteiger partial charge in [0.1, 0.15) is 23.3 Å². The number of anilines is 1. The van der Waals surface area contributed by atoms with E-state index in [2.05, 4.69) is 10.3 Å². The van der Waals surface area contributed by atoms with Crippen LogP contribution in [-0.2, 0) is 16.9 Å². The van der Waals surface area contributed by atoms with Gasteiger partial charge in [0.25, 0.3) is 5.69 Å². The molecule has 0 bridgehead atoms. The number of ether oxygens (including phenoxy) is 1. The van der Waals surface area contributed by atoms with Crippen LogP contribution in [0, 0.1) is 10.1 Å². The minimum atomic E-state index is -3.58. The molecule has 29 heavy (non-hydrogen) atoms. The van der Waals surface area contributed by atoms with Crippen molar-refractivity contribution < 1.29 is 18.1 Å². The predicted molar refractivity (Wildman–Crippen MR) is 108 cm³/mol. The van der Waals surface area contributed by atoms with Crippen LogP contribution >= 0.6 is 0 Å². The van der Waals surface area contributed by atoms with Gasteiger partial charge in [-0.1, -0.05) is 12.1 Å². The van der Waals surface area contributed by atoms with Crippen molar-refractivity contribution in [3.8, 4) is 5.75 Å². The highest BCUT2D eigenvalue weighted by Crippen LogP contribution is 2.33. The zero-order chi connectivity index (χ0) is 21.2. The van der Waals surface area contributed by atoms with Gasteiger partial charge >= 0.3 is 0 Å². The molecule has 0 fully saturated rings. The summed E-state index contributed by atoms with van der Waals surface area (Å²) in [6, 6.07) is 10.5. The third-order valence-corrected chi connectivity index (χ3v) is 5.55. The van der Waals surface area contributed by atoms with Crippen molar-refractivity contribution in [2.45, 2.75) is 10.9 Å². The molecule has 1 N–H and O–H groups in total. The van der Waals surface area contributed by atoms with Crippen LogP contribution in [0.3, 0.4) is 0 Å². The molecule has 10 heteroatoms. The molecular weight excluding hydrogens is 396 g/mol. The van der Waals surface area contributed by atoms with Gasteiger partial charge in [-0.25, -0.2) is 13.4 Å². The van der Waals surface area contributed by atoms with Gasteiger partial charge in [-0.05, 0) is 29.8 Å². The third-order valence-electron chi connectivity index (χ3n) is 4.44. The van der Waals surface area contributed by atoms with Gasteiger partial charge in [0.05, 0.1) is 16.9 Å². The Kier molecular flexibility index (Phi) is 5.55. The highest BCUT2D eigenvalue weighted by molar-refractivity contribution is 7.90. The summed E-state index contributed by atoms with van der Waals surface area (Å²) in [6.45, 7) is 0. The molecule has 1 heterocycles. The van der Waals surface area contributed by atoms with Crippen molar-refractivity contribution >= 4 is 21.2 Å². The van der Waals surface area contributed by atoms with E-state index in [0.717, 1.165) is 17.9 Å². The number of aromatic nitrogens is 2. The summed E-state index contributed by atoms with van der Waals surface area (Å²) in [6.07, 6.45) is 4.41. The Hall–Kier alpha value is -3.40. The first-order valence-electron chi connectivity index (χ1n) is 8.57. The van der Waals surface area contributed by atoms with Crippen molar-refractivity contribution in [2.75, 3.05) is 18.7 Å². The van der Waals surface area contributed by atoms with E-state index in [1.807, 2.05) is 25.2 Å². The Labute approximate surface area is 168 Å². The number of aryl methyl sites for hydroxylation is 1. The molecule has 2 aromatic carbocycles. The zero-order valence-corrected chi connectivity index (χ0v) is 16.9. The van der Waals surface area contributed by atoms with E-state index in [0.29, 0.717) is 11.6 Å². The van der Waals surface area contributed by atoms with Crippen molar-refractivity contribution in [3.63, 3.8) is 0 Å². The van der Waals surface area contributed by atoms with Gasteiger partial charge in [0, 0.05) is 31.8 Å². The van der Waals surface area contributed by atoms with Crippen molar-refractivity contribution in [2.24, 2.45) is 7.05 Å². The Morgan fingerprint density at radius 1 is 1.24 bits per heavy atom. The highest BCUT2D eigenvalue weighted by Gasteiger charge is 2.24. The number of hydrogen-bond acceptors (Lipinski definition) is 7. The van der Waals surface area contributed by atoms with Crippen LogP contribution in [0.15, 0.2) is 59.8 Å². The van der Waals surface area contributed by atoms with Crippen molar-refractivity contribution in [3.05, 3.63) is 76.4 Å². The largest absolute Gasteiger partial charge is 0.497 e. The Balaban J connectivity index is 2.11. The Morgan fingerprint density at radius 2 is 2.00 bits per heavy atom. The minimum absolute atomic E-state index is 0.121. The number of benzene rings is 2. The average Bonchev–Trinajstić information content (AvgIpc) is 3.10. The molecule has 0 saturated heterocycles. The molecule has 3 rings (SSSR count). The molecular formula is C19H20N4O5S.